The second-order valence-electron chi connectivity index (χ2n) is 8.12. The summed E-state index contributed by atoms with van der Waals surface area (Å²) in [6, 6.07) is 4.44. The highest BCUT2D eigenvalue weighted by Crippen LogP contribution is 2.25. The highest BCUT2D eigenvalue weighted by atomic mass is 19.1. The molecule has 2 aliphatic rings. The first-order valence-electron chi connectivity index (χ1n) is 10.5. The van der Waals surface area contributed by atoms with Gasteiger partial charge >= 0.3 is 0 Å². The molecule has 5 heterocycles. The molecule has 3 aromatic heterocycles. The molecule has 6 rings (SSSR count). The molecule has 2 saturated heterocycles. The maximum absolute atomic E-state index is 14.1. The molecule has 0 aliphatic carbocycles. The third kappa shape index (κ3) is 3.05. The number of halogens is 1. The molecular weight excluding hydrogens is 403 g/mol. The summed E-state index contributed by atoms with van der Waals surface area (Å²) in [7, 11) is 0. The number of imidazole rings is 1. The maximum Gasteiger partial charge on any atom is 0.279 e. The van der Waals surface area contributed by atoms with Crippen LogP contribution in [0.3, 0.4) is 0 Å². The summed E-state index contributed by atoms with van der Waals surface area (Å²) in [4.78, 5) is 18.1. The molecule has 160 valence electrons. The van der Waals surface area contributed by atoms with Gasteiger partial charge in [-0.1, -0.05) is 5.21 Å². The number of hydrogen-bond acceptors (Lipinski definition) is 6. The average Bonchev–Trinajstić information content (AvgIpc) is 3.56. The quantitative estimate of drug-likeness (QED) is 0.498. The molecule has 0 saturated carbocycles. The highest BCUT2D eigenvalue weighted by Gasteiger charge is 2.24. The summed E-state index contributed by atoms with van der Waals surface area (Å²) in [6.07, 6.45) is 6.03. The van der Waals surface area contributed by atoms with Crippen molar-refractivity contribution in [3.8, 4) is 5.82 Å². The van der Waals surface area contributed by atoms with Crippen molar-refractivity contribution in [3.05, 3.63) is 52.6 Å². The molecule has 1 aromatic carbocycles. The van der Waals surface area contributed by atoms with E-state index in [1.165, 1.54) is 16.8 Å². The van der Waals surface area contributed by atoms with Crippen LogP contribution in [0.25, 0.3) is 22.4 Å². The van der Waals surface area contributed by atoms with Gasteiger partial charge in [0.1, 0.15) is 12.1 Å². The van der Waals surface area contributed by atoms with Gasteiger partial charge in [0.2, 0.25) is 0 Å². The van der Waals surface area contributed by atoms with Gasteiger partial charge in [0.15, 0.2) is 11.3 Å². The van der Waals surface area contributed by atoms with E-state index in [4.69, 9.17) is 9.47 Å². The van der Waals surface area contributed by atoms with Gasteiger partial charge in [0.25, 0.3) is 5.56 Å². The van der Waals surface area contributed by atoms with Gasteiger partial charge in [-0.15, -0.1) is 5.10 Å². The van der Waals surface area contributed by atoms with Crippen molar-refractivity contribution >= 4 is 16.6 Å². The van der Waals surface area contributed by atoms with Crippen LogP contribution in [-0.2, 0) is 16.0 Å². The SMILES string of the molecule is O=c1c2c(-n3cc(C4CCOC4)nn3)ncn2c2ccc(F)cc2n1CC1CCCO1. The van der Waals surface area contributed by atoms with Crippen molar-refractivity contribution in [2.75, 3.05) is 19.8 Å². The second-order valence-corrected chi connectivity index (χ2v) is 8.12. The summed E-state index contributed by atoms with van der Waals surface area (Å²) in [5, 5.41) is 8.50. The Morgan fingerprint density at radius 2 is 2.13 bits per heavy atom. The van der Waals surface area contributed by atoms with Crippen LogP contribution >= 0.6 is 0 Å². The Morgan fingerprint density at radius 3 is 2.94 bits per heavy atom. The molecule has 0 N–H and O–H groups in total. The Hall–Kier alpha value is -3.11. The molecule has 0 spiro atoms. The van der Waals surface area contributed by atoms with Crippen LogP contribution in [0.4, 0.5) is 4.39 Å². The molecule has 31 heavy (non-hydrogen) atoms. The first-order valence-corrected chi connectivity index (χ1v) is 10.5. The Morgan fingerprint density at radius 1 is 1.19 bits per heavy atom. The van der Waals surface area contributed by atoms with Gasteiger partial charge in [-0.05, 0) is 37.5 Å². The normalized spacial score (nSPS) is 21.6. The van der Waals surface area contributed by atoms with E-state index >= 15 is 0 Å². The van der Waals surface area contributed by atoms with Gasteiger partial charge in [0, 0.05) is 19.1 Å². The Labute approximate surface area is 176 Å². The molecule has 2 aliphatic heterocycles. The van der Waals surface area contributed by atoms with E-state index in [2.05, 4.69) is 15.3 Å². The minimum Gasteiger partial charge on any atom is -0.381 e. The van der Waals surface area contributed by atoms with Gasteiger partial charge < -0.3 is 14.0 Å². The Kier molecular flexibility index (Phi) is 4.35. The Balaban J connectivity index is 1.54. The predicted octanol–water partition coefficient (Wildman–Crippen LogP) is 2.05. The summed E-state index contributed by atoms with van der Waals surface area (Å²) in [5.74, 6) is 0.199. The lowest BCUT2D eigenvalue weighted by Crippen LogP contribution is -2.28. The van der Waals surface area contributed by atoms with Crippen molar-refractivity contribution in [1.82, 2.24) is 28.9 Å². The molecule has 10 heteroatoms. The monoisotopic (exact) mass is 424 g/mol. The van der Waals surface area contributed by atoms with Crippen LogP contribution in [-0.4, -0.2) is 54.9 Å². The van der Waals surface area contributed by atoms with Gasteiger partial charge in [0.05, 0.1) is 42.2 Å². The van der Waals surface area contributed by atoms with E-state index in [-0.39, 0.29) is 17.6 Å². The summed E-state index contributed by atoms with van der Waals surface area (Å²) in [6.45, 7) is 2.37. The largest absolute Gasteiger partial charge is 0.381 e. The first-order chi connectivity index (χ1) is 15.2. The highest BCUT2D eigenvalue weighted by molar-refractivity contribution is 5.81. The fraction of sp³-hybridized carbons (Fsp3) is 0.429. The topological polar surface area (TPSA) is 88.5 Å². The number of benzene rings is 1. The molecule has 9 nitrogen and oxygen atoms in total. The molecule has 2 fully saturated rings. The number of aromatic nitrogens is 6. The lowest BCUT2D eigenvalue weighted by atomic mass is 10.1. The molecule has 0 amide bonds. The fourth-order valence-corrected chi connectivity index (χ4v) is 4.55. The zero-order valence-electron chi connectivity index (χ0n) is 16.8. The molecule has 4 aromatic rings. The molecule has 2 unspecified atom stereocenters. The summed E-state index contributed by atoms with van der Waals surface area (Å²) >= 11 is 0. The zero-order chi connectivity index (χ0) is 20.9. The van der Waals surface area contributed by atoms with Gasteiger partial charge in [-0.25, -0.2) is 9.37 Å². The summed E-state index contributed by atoms with van der Waals surface area (Å²) in [5.41, 5.74) is 2.14. The lowest BCUT2D eigenvalue weighted by molar-refractivity contribution is 0.0973. The maximum atomic E-state index is 14.1. The second kappa shape index (κ2) is 7.24. The van der Waals surface area contributed by atoms with Crippen molar-refractivity contribution in [1.29, 1.82) is 0 Å². The number of fused-ring (bicyclic) bond motifs is 3. The molecule has 2 atom stereocenters. The van der Waals surface area contributed by atoms with Gasteiger partial charge in [-0.2, -0.15) is 4.68 Å². The third-order valence-electron chi connectivity index (χ3n) is 6.17. The zero-order valence-corrected chi connectivity index (χ0v) is 16.8. The average molecular weight is 424 g/mol. The number of ether oxygens (including phenoxy) is 2. The fourth-order valence-electron chi connectivity index (χ4n) is 4.55. The van der Waals surface area contributed by atoms with E-state index in [9.17, 15) is 9.18 Å². The Bertz CT molecular complexity index is 1330. The summed E-state index contributed by atoms with van der Waals surface area (Å²) < 4.78 is 30.1. The lowest BCUT2D eigenvalue weighted by Gasteiger charge is -2.16. The van der Waals surface area contributed by atoms with Crippen molar-refractivity contribution in [3.63, 3.8) is 0 Å². The number of nitrogens with zero attached hydrogens (tertiary/aromatic N) is 6. The number of hydrogen-bond donors (Lipinski definition) is 0. The van der Waals surface area contributed by atoms with Crippen LogP contribution in [0.15, 0.2) is 35.5 Å². The van der Waals surface area contributed by atoms with Crippen molar-refractivity contribution < 1.29 is 13.9 Å². The molecular formula is C21H21FN6O3. The van der Waals surface area contributed by atoms with Crippen LogP contribution in [0, 0.1) is 5.82 Å². The van der Waals surface area contributed by atoms with Crippen LogP contribution in [0.5, 0.6) is 0 Å². The van der Waals surface area contributed by atoms with Crippen molar-refractivity contribution in [2.24, 2.45) is 0 Å². The third-order valence-corrected chi connectivity index (χ3v) is 6.17. The van der Waals surface area contributed by atoms with Crippen LogP contribution in [0.2, 0.25) is 0 Å². The standard InChI is InChI=1S/C21H21FN6O3/c22-14-3-4-17-18(8-14)26(9-15-2-1-6-31-15)21(29)19-20(23-12-27(17)19)28-10-16(24-25-28)13-5-7-30-11-13/h3-4,8,10,12-13,15H,1-2,5-7,9,11H2. The smallest absolute Gasteiger partial charge is 0.279 e. The molecule has 0 radical (unpaired) electrons. The van der Waals surface area contributed by atoms with E-state index in [1.54, 1.807) is 27.6 Å². The van der Waals surface area contributed by atoms with Crippen LogP contribution < -0.4 is 5.56 Å². The number of rotatable bonds is 4. The van der Waals surface area contributed by atoms with Gasteiger partial charge in [-0.3, -0.25) is 9.20 Å². The van der Waals surface area contributed by atoms with E-state index < -0.39 is 5.82 Å². The minimum atomic E-state index is -0.396. The first kappa shape index (κ1) is 18.6. The molecule has 0 bridgehead atoms. The predicted molar refractivity (Wildman–Crippen MR) is 109 cm³/mol. The van der Waals surface area contributed by atoms with E-state index in [0.717, 1.165) is 25.0 Å². The van der Waals surface area contributed by atoms with Crippen molar-refractivity contribution in [2.45, 2.75) is 37.8 Å². The van der Waals surface area contributed by atoms with E-state index in [1.807, 2.05) is 0 Å². The van der Waals surface area contributed by atoms with E-state index in [0.29, 0.717) is 48.7 Å². The van der Waals surface area contributed by atoms with Crippen LogP contribution in [0.1, 0.15) is 30.9 Å². The minimum absolute atomic E-state index is 0.0710.